The molecule has 0 bridgehead atoms. The van der Waals surface area contributed by atoms with Gasteiger partial charge in [0.2, 0.25) is 34.5 Å². The lowest BCUT2D eigenvalue weighted by atomic mass is 9.82. The summed E-state index contributed by atoms with van der Waals surface area (Å²) in [5.41, 5.74) is -1.85. The van der Waals surface area contributed by atoms with Gasteiger partial charge in [-0.2, -0.15) is 0 Å². The van der Waals surface area contributed by atoms with Crippen molar-refractivity contribution in [3.05, 3.63) is 42.5 Å². The van der Waals surface area contributed by atoms with Crippen molar-refractivity contribution in [3.8, 4) is 108 Å². The van der Waals surface area contributed by atoms with Crippen molar-refractivity contribution >= 4 is 54.3 Å². The van der Waals surface area contributed by atoms with Crippen LogP contribution in [0.4, 0.5) is 0 Å². The van der Waals surface area contributed by atoms with Crippen LogP contribution in [0, 0.1) is 0 Å². The highest BCUT2D eigenvalue weighted by Crippen LogP contribution is 2.66. The number of phenolic OH excluding ortho intramolecular Hbond substituents is 15. The summed E-state index contributed by atoms with van der Waals surface area (Å²) in [5.74, 6) is -20.2. The number of hydrogen-bond acceptors (Lipinski definition) is 16. The topological polar surface area (TPSA) is 317 Å². The molecule has 7 aromatic carbocycles. The van der Waals surface area contributed by atoms with E-state index in [0.29, 0.717) is 16.4 Å². The van der Waals surface area contributed by atoms with Crippen molar-refractivity contribution in [1.29, 1.82) is 0 Å². The second-order valence-corrected chi connectivity index (χ2v) is 11.9. The molecule has 0 saturated carbocycles. The fraction of sp³-hybridized carbons (Fsp3) is 0. The van der Waals surface area contributed by atoms with E-state index in [1.807, 2.05) is 0 Å². The fourth-order valence-electron chi connectivity index (χ4n) is 6.91. The monoisotopic (exact) mass is 710 g/mol. The highest BCUT2D eigenvalue weighted by molar-refractivity contribution is 6.31. The summed E-state index contributed by atoms with van der Waals surface area (Å²) in [6.45, 7) is 0. The normalized spacial score (nSPS) is 11.8. The average Bonchev–Trinajstić information content (AvgIpc) is 3.51. The van der Waals surface area contributed by atoms with Crippen molar-refractivity contribution < 1.29 is 81.0 Å². The second kappa shape index (κ2) is 10.1. The second-order valence-electron chi connectivity index (χ2n) is 11.9. The molecular formula is C36H22O16. The van der Waals surface area contributed by atoms with E-state index in [0.717, 1.165) is 0 Å². The van der Waals surface area contributed by atoms with Gasteiger partial charge in [-0.3, -0.25) is 0 Å². The van der Waals surface area contributed by atoms with Gasteiger partial charge in [-0.25, -0.2) is 0 Å². The maximum atomic E-state index is 11.6. The molecule has 0 atom stereocenters. The molecule has 0 aliphatic carbocycles. The molecule has 1 aromatic heterocycles. The average molecular weight is 711 g/mol. The molecule has 0 fully saturated rings. The maximum absolute atomic E-state index is 11.6. The summed E-state index contributed by atoms with van der Waals surface area (Å²) in [4.78, 5) is 0. The molecule has 16 nitrogen and oxygen atoms in total. The molecule has 0 aliphatic rings. The van der Waals surface area contributed by atoms with E-state index in [9.17, 15) is 76.6 Å². The van der Waals surface area contributed by atoms with Crippen LogP contribution in [0.1, 0.15) is 0 Å². The molecule has 0 radical (unpaired) electrons. The Hall–Kier alpha value is -7.88. The van der Waals surface area contributed by atoms with Crippen molar-refractivity contribution in [1.82, 2.24) is 0 Å². The van der Waals surface area contributed by atoms with Crippen molar-refractivity contribution in [2.24, 2.45) is 0 Å². The fourth-order valence-corrected chi connectivity index (χ4v) is 6.91. The van der Waals surface area contributed by atoms with Gasteiger partial charge in [-0.05, 0) is 23.8 Å². The first-order chi connectivity index (χ1) is 24.6. The lowest BCUT2D eigenvalue weighted by Gasteiger charge is -2.24. The zero-order valence-corrected chi connectivity index (χ0v) is 25.7. The molecule has 52 heavy (non-hydrogen) atoms. The van der Waals surface area contributed by atoms with E-state index < -0.39 is 135 Å². The standard InChI is InChI=1S/C36H22O16/c37-22-19(27(42)28(43)21-20(22)29(44)35(50)36(51)30(21)45)14-17-15(23(38)31(46)33(48)25(17)40)13(16-18(14)26(41)34(49)32(47)24(16)39)8-5-6-10-9-3-1-2-4-11(9)52-12(10)7-8/h1-7,37-51H. The quantitative estimate of drug-likeness (QED) is 0.0558. The summed E-state index contributed by atoms with van der Waals surface area (Å²) in [5, 5.41) is 161. The molecule has 0 amide bonds. The Morgan fingerprint density at radius 2 is 0.673 bits per heavy atom. The molecule has 262 valence electrons. The van der Waals surface area contributed by atoms with Crippen LogP contribution >= 0.6 is 0 Å². The number of benzene rings is 7. The van der Waals surface area contributed by atoms with Gasteiger partial charge in [0.15, 0.2) is 46.0 Å². The molecule has 0 unspecified atom stereocenters. The van der Waals surface area contributed by atoms with Crippen LogP contribution in [0.3, 0.4) is 0 Å². The molecule has 0 saturated heterocycles. The lowest BCUT2D eigenvalue weighted by molar-refractivity contribution is 0.347. The van der Waals surface area contributed by atoms with Crippen molar-refractivity contribution in [3.63, 3.8) is 0 Å². The third kappa shape index (κ3) is 3.63. The zero-order valence-electron chi connectivity index (χ0n) is 25.7. The Labute approximate surface area is 286 Å². The predicted molar refractivity (Wildman–Crippen MR) is 182 cm³/mol. The van der Waals surface area contributed by atoms with Crippen LogP contribution in [0.25, 0.3) is 76.5 Å². The highest BCUT2D eigenvalue weighted by Gasteiger charge is 2.36. The Bertz CT molecular complexity index is 2880. The predicted octanol–water partition coefficient (Wildman–Crippen LogP) is 5.96. The van der Waals surface area contributed by atoms with E-state index in [1.165, 1.54) is 12.1 Å². The third-order valence-corrected chi connectivity index (χ3v) is 9.28. The summed E-state index contributed by atoms with van der Waals surface area (Å²) in [6.07, 6.45) is 0. The van der Waals surface area contributed by atoms with Crippen LogP contribution in [-0.4, -0.2) is 76.6 Å². The number of phenols is 15. The minimum atomic E-state index is -1.44. The Morgan fingerprint density at radius 3 is 1.17 bits per heavy atom. The molecule has 8 rings (SSSR count). The SMILES string of the molecule is Oc1c(O)c(O)c2c(O)c(-c3c4c(O)c(O)c(O)c(O)c4c(-c4ccc5c(c4)oc4ccccc45)c4c(O)c(O)c(O)c(O)c34)c(O)c(O)c2c1O. The summed E-state index contributed by atoms with van der Waals surface area (Å²) < 4.78 is 5.97. The van der Waals surface area contributed by atoms with Crippen LogP contribution < -0.4 is 0 Å². The minimum absolute atomic E-state index is 0.0227. The molecule has 8 aromatic rings. The first kappa shape index (κ1) is 31.4. The van der Waals surface area contributed by atoms with Crippen LogP contribution in [0.5, 0.6) is 86.2 Å². The van der Waals surface area contributed by atoms with Gasteiger partial charge in [0, 0.05) is 43.4 Å². The van der Waals surface area contributed by atoms with Crippen LogP contribution in [-0.2, 0) is 0 Å². The summed E-state index contributed by atoms with van der Waals surface area (Å²) >= 11 is 0. The summed E-state index contributed by atoms with van der Waals surface area (Å²) in [6, 6.07) is 11.3. The van der Waals surface area contributed by atoms with Gasteiger partial charge in [-0.1, -0.05) is 24.3 Å². The molecular weight excluding hydrogens is 688 g/mol. The number of hydrogen-bond donors (Lipinski definition) is 15. The smallest absolute Gasteiger partial charge is 0.205 e. The summed E-state index contributed by atoms with van der Waals surface area (Å²) in [7, 11) is 0. The molecule has 0 spiro atoms. The van der Waals surface area contributed by atoms with Crippen LogP contribution in [0.2, 0.25) is 0 Å². The van der Waals surface area contributed by atoms with Gasteiger partial charge in [-0.15, -0.1) is 0 Å². The largest absolute Gasteiger partial charge is 0.506 e. The van der Waals surface area contributed by atoms with Gasteiger partial charge >= 0.3 is 0 Å². The van der Waals surface area contributed by atoms with Crippen molar-refractivity contribution in [2.45, 2.75) is 0 Å². The van der Waals surface area contributed by atoms with E-state index in [4.69, 9.17) is 4.42 Å². The van der Waals surface area contributed by atoms with Crippen molar-refractivity contribution in [2.75, 3.05) is 0 Å². The van der Waals surface area contributed by atoms with Crippen LogP contribution in [0.15, 0.2) is 46.9 Å². The number of aromatic hydroxyl groups is 15. The van der Waals surface area contributed by atoms with Gasteiger partial charge < -0.3 is 81.0 Å². The highest BCUT2D eigenvalue weighted by atomic mass is 16.4. The number of furan rings is 1. The van der Waals surface area contributed by atoms with E-state index in [1.54, 1.807) is 30.3 Å². The molecule has 1 heterocycles. The molecule has 15 N–H and O–H groups in total. The van der Waals surface area contributed by atoms with Gasteiger partial charge in [0.25, 0.3) is 0 Å². The van der Waals surface area contributed by atoms with E-state index >= 15 is 0 Å². The first-order valence-corrected chi connectivity index (χ1v) is 14.8. The first-order valence-electron chi connectivity index (χ1n) is 14.8. The Kier molecular flexibility index (Phi) is 6.08. The van der Waals surface area contributed by atoms with Gasteiger partial charge in [0.1, 0.15) is 16.9 Å². The third-order valence-electron chi connectivity index (χ3n) is 9.28. The Balaban J connectivity index is 1.69. The molecule has 16 heteroatoms. The lowest BCUT2D eigenvalue weighted by Crippen LogP contribution is -1.96. The molecule has 0 aliphatic heterocycles. The number of rotatable bonds is 2. The number of fused-ring (bicyclic) bond motifs is 6. The maximum Gasteiger partial charge on any atom is 0.205 e. The number of para-hydroxylation sites is 1. The Morgan fingerprint density at radius 1 is 0.288 bits per heavy atom. The zero-order chi connectivity index (χ0) is 37.4. The van der Waals surface area contributed by atoms with E-state index in [-0.39, 0.29) is 11.1 Å². The minimum Gasteiger partial charge on any atom is -0.506 e. The van der Waals surface area contributed by atoms with Gasteiger partial charge in [0.05, 0.1) is 16.3 Å². The van der Waals surface area contributed by atoms with E-state index in [2.05, 4.69) is 0 Å².